The first-order valence-electron chi connectivity index (χ1n) is 13.2. The number of nitrogens with one attached hydrogen (secondary N) is 3. The Hall–Kier alpha value is -1.95. The molecule has 0 bridgehead atoms. The Morgan fingerprint density at radius 3 is 1.47 bits per heavy atom. The molecule has 0 spiro atoms. The van der Waals surface area contributed by atoms with Gasteiger partial charge in [-0.15, -0.1) is 4.98 Å². The number of anilines is 5. The molecule has 4 aromatic rings. The van der Waals surface area contributed by atoms with Crippen molar-refractivity contribution in [2.45, 2.75) is 22.8 Å². The predicted octanol–water partition coefficient (Wildman–Crippen LogP) is -4.65. The monoisotopic (exact) mass is 767 g/mol. The van der Waals surface area contributed by atoms with Gasteiger partial charge in [-0.1, -0.05) is 24.3 Å². The number of aromatic nitrogens is 6. The maximum atomic E-state index is 12.2. The van der Waals surface area contributed by atoms with Gasteiger partial charge in [0.05, 0.1) is 37.2 Å². The summed E-state index contributed by atoms with van der Waals surface area (Å²) in [6.45, 7) is 1.66. The number of hydrogen-bond donors (Lipinski definition) is 4. The van der Waals surface area contributed by atoms with E-state index in [1.165, 1.54) is 45.6 Å². The Labute approximate surface area is 366 Å². The molecule has 1 unspecified atom stereocenters. The van der Waals surface area contributed by atoms with Crippen LogP contribution < -0.4 is 133 Å². The van der Waals surface area contributed by atoms with Crippen molar-refractivity contribution >= 4 is 61.6 Å². The van der Waals surface area contributed by atoms with E-state index in [0.29, 0.717) is 0 Å². The van der Waals surface area contributed by atoms with Crippen molar-refractivity contribution in [3.05, 3.63) is 47.5 Å². The SMILES string of the molecule is COc1nc(NCC(C)O)nc(Nc2ccc(/C=C/c3ccc(Nc4nc(OC)nc(OC)n4)cc3S(=O)(=O)[O-])c(S(=O)(=O)[O-])c2)n1.[K+].[K+]. The van der Waals surface area contributed by atoms with Crippen LogP contribution in [0.2, 0.25) is 0 Å². The number of aliphatic hydroxyl groups is 1. The van der Waals surface area contributed by atoms with Gasteiger partial charge in [0, 0.05) is 17.9 Å². The zero-order valence-corrected chi connectivity index (χ0v) is 34.9. The van der Waals surface area contributed by atoms with Crippen LogP contribution in [0.5, 0.6) is 18.0 Å². The van der Waals surface area contributed by atoms with Crippen LogP contribution in [0.1, 0.15) is 18.1 Å². The molecule has 23 heteroatoms. The van der Waals surface area contributed by atoms with E-state index in [1.807, 2.05) is 0 Å². The molecular weight excluding hydrogens is 741 g/mol. The zero-order chi connectivity index (χ0) is 34.4. The molecule has 19 nitrogen and oxygen atoms in total. The quantitative estimate of drug-likeness (QED) is 0.0533. The van der Waals surface area contributed by atoms with E-state index < -0.39 is 36.1 Å². The van der Waals surface area contributed by atoms with Crippen LogP contribution in [0.3, 0.4) is 0 Å². The van der Waals surface area contributed by atoms with E-state index in [-0.39, 0.29) is 168 Å². The van der Waals surface area contributed by atoms with Crippen LogP contribution in [0.15, 0.2) is 46.2 Å². The fourth-order valence-electron chi connectivity index (χ4n) is 3.77. The molecule has 0 fully saturated rings. The van der Waals surface area contributed by atoms with Gasteiger partial charge in [-0.3, -0.25) is 0 Å². The smallest absolute Gasteiger partial charge is 0.744 e. The van der Waals surface area contributed by atoms with Crippen LogP contribution in [-0.4, -0.2) is 94.9 Å². The molecule has 0 amide bonds. The molecule has 4 rings (SSSR count). The summed E-state index contributed by atoms with van der Waals surface area (Å²) in [6.07, 6.45) is 1.62. The Morgan fingerprint density at radius 1 is 0.694 bits per heavy atom. The van der Waals surface area contributed by atoms with Gasteiger partial charge in [-0.25, -0.2) is 16.8 Å². The van der Waals surface area contributed by atoms with Crippen LogP contribution in [0, 0.1) is 0 Å². The molecule has 1 atom stereocenters. The molecule has 49 heavy (non-hydrogen) atoms. The Bertz CT molecular complexity index is 2000. The molecule has 2 aromatic heterocycles. The molecule has 0 aliphatic heterocycles. The summed E-state index contributed by atoms with van der Waals surface area (Å²) in [5.41, 5.74) is -0.0262. The van der Waals surface area contributed by atoms with Crippen molar-refractivity contribution in [2.24, 2.45) is 0 Å². The minimum absolute atomic E-state index is 0. The molecule has 250 valence electrons. The fourth-order valence-corrected chi connectivity index (χ4v) is 5.16. The van der Waals surface area contributed by atoms with Gasteiger partial charge in [-0.2, -0.15) is 24.9 Å². The van der Waals surface area contributed by atoms with Gasteiger partial charge in [0.15, 0.2) is 0 Å². The van der Waals surface area contributed by atoms with Gasteiger partial charge in [0.1, 0.15) is 20.2 Å². The van der Waals surface area contributed by atoms with Gasteiger partial charge >= 0.3 is 121 Å². The Kier molecular flexibility index (Phi) is 16.8. The summed E-state index contributed by atoms with van der Waals surface area (Å²) in [6, 6.07) is 7.13. The zero-order valence-electron chi connectivity index (χ0n) is 27.0. The van der Waals surface area contributed by atoms with Crippen molar-refractivity contribution in [1.29, 1.82) is 0 Å². The van der Waals surface area contributed by atoms with E-state index in [4.69, 9.17) is 14.2 Å². The molecule has 0 saturated heterocycles. The van der Waals surface area contributed by atoms with Crippen molar-refractivity contribution < 1.29 is 148 Å². The van der Waals surface area contributed by atoms with E-state index in [0.717, 1.165) is 24.3 Å². The van der Waals surface area contributed by atoms with Crippen LogP contribution >= 0.6 is 0 Å². The number of benzene rings is 2. The Balaban J connectivity index is 0.00000417. The summed E-state index contributed by atoms with van der Waals surface area (Å²) < 4.78 is 88.1. The number of ether oxygens (including phenoxy) is 3. The van der Waals surface area contributed by atoms with Crippen molar-refractivity contribution in [3.8, 4) is 18.0 Å². The number of aliphatic hydroxyl groups excluding tert-OH is 1. The minimum atomic E-state index is -5.07. The molecule has 2 aromatic carbocycles. The molecule has 4 N–H and O–H groups in total. The second-order valence-corrected chi connectivity index (χ2v) is 12.0. The van der Waals surface area contributed by atoms with Gasteiger partial charge in [0.2, 0.25) is 17.8 Å². The number of hydrogen-bond acceptors (Lipinski definition) is 19. The average Bonchev–Trinajstić information content (AvgIpc) is 3.02. The first kappa shape index (κ1) is 43.2. The molecule has 0 aliphatic carbocycles. The van der Waals surface area contributed by atoms with Crippen molar-refractivity contribution in [1.82, 2.24) is 29.9 Å². The first-order chi connectivity index (χ1) is 22.2. The molecule has 0 radical (unpaired) electrons. The maximum absolute atomic E-state index is 12.2. The second-order valence-electron chi connectivity index (χ2n) is 9.33. The Morgan fingerprint density at radius 2 is 1.08 bits per heavy atom. The van der Waals surface area contributed by atoms with Gasteiger partial charge < -0.3 is 44.4 Å². The van der Waals surface area contributed by atoms with E-state index in [2.05, 4.69) is 45.9 Å². The fraction of sp³-hybridized carbons (Fsp3) is 0.231. The summed E-state index contributed by atoms with van der Waals surface area (Å²) >= 11 is 0. The van der Waals surface area contributed by atoms with Crippen molar-refractivity contribution in [3.63, 3.8) is 0 Å². The molecule has 0 saturated carbocycles. The number of methoxy groups -OCH3 is 3. The van der Waals surface area contributed by atoms with Crippen molar-refractivity contribution in [2.75, 3.05) is 43.8 Å². The van der Waals surface area contributed by atoms with Crippen LogP contribution in [0.4, 0.5) is 29.2 Å². The third kappa shape index (κ3) is 12.7. The second kappa shape index (κ2) is 19.0. The maximum Gasteiger partial charge on any atom is 1.00 e. The van der Waals surface area contributed by atoms with Gasteiger partial charge in [0.25, 0.3) is 0 Å². The van der Waals surface area contributed by atoms with Crippen LogP contribution in [0.25, 0.3) is 12.2 Å². The number of nitrogens with zero attached hydrogens (tertiary/aromatic N) is 6. The third-order valence-electron chi connectivity index (χ3n) is 5.83. The summed E-state index contributed by atoms with van der Waals surface area (Å²) in [4.78, 5) is 22.6. The summed E-state index contributed by atoms with van der Waals surface area (Å²) in [5, 5.41) is 17.8. The van der Waals surface area contributed by atoms with Gasteiger partial charge in [-0.05, 0) is 42.3 Å². The third-order valence-corrected chi connectivity index (χ3v) is 7.62. The van der Waals surface area contributed by atoms with E-state index in [1.54, 1.807) is 6.92 Å². The largest absolute Gasteiger partial charge is 1.00 e. The topological polar surface area (TPSA) is 276 Å². The molecular formula is C26H27K2N9O10S2. The average molecular weight is 768 g/mol. The molecule has 2 heterocycles. The predicted molar refractivity (Wildman–Crippen MR) is 164 cm³/mol. The number of rotatable bonds is 14. The summed E-state index contributed by atoms with van der Waals surface area (Å²) in [5.74, 6) is -0.0989. The first-order valence-corrected chi connectivity index (χ1v) is 16.0. The van der Waals surface area contributed by atoms with E-state index >= 15 is 0 Å². The normalized spacial score (nSPS) is 11.9. The summed E-state index contributed by atoms with van der Waals surface area (Å²) in [7, 11) is -6.18. The standard InChI is InChI=1S/C26H29N9O10S2.2K/c1-14(36)13-27-21-30-22(32-24(31-21)43-2)28-17-9-7-15(19(11-17)46(37,38)39)5-6-16-8-10-18(12-20(16)47(40,41)42)29-23-33-25(44-3)35-26(34-23)45-4;;/h5-12,14,36H,13H2,1-4H3,(H,37,38,39)(H,40,41,42)(H,29,33,34,35)(H2,27,28,30,31,32);;/q;2*+1/p-2/b6-5+;;. The molecule has 0 aliphatic rings. The van der Waals surface area contributed by atoms with E-state index in [9.17, 15) is 31.0 Å². The minimum Gasteiger partial charge on any atom is -0.744 e. The van der Waals surface area contributed by atoms with Crippen LogP contribution in [-0.2, 0) is 20.2 Å².